The van der Waals surface area contributed by atoms with Crippen LogP contribution < -0.4 is 31.2 Å². The van der Waals surface area contributed by atoms with Crippen molar-refractivity contribution in [1.29, 1.82) is 5.26 Å². The van der Waals surface area contributed by atoms with Gasteiger partial charge < -0.3 is 19.9 Å². The monoisotopic (exact) mass is 370 g/mol. The molecule has 1 atom stereocenters. The van der Waals surface area contributed by atoms with Crippen LogP contribution >= 0.6 is 0 Å². The topological polar surface area (TPSA) is 122 Å². The van der Waals surface area contributed by atoms with Gasteiger partial charge in [-0.25, -0.2) is 4.79 Å². The molecule has 9 nitrogen and oxygen atoms in total. The van der Waals surface area contributed by atoms with Crippen LogP contribution in [0.4, 0.5) is 0 Å². The third-order valence-electron chi connectivity index (χ3n) is 4.57. The molecule has 1 unspecified atom stereocenters. The van der Waals surface area contributed by atoms with Gasteiger partial charge in [0.2, 0.25) is 11.8 Å². The van der Waals surface area contributed by atoms with Gasteiger partial charge in [-0.2, -0.15) is 5.26 Å². The lowest BCUT2D eigenvalue weighted by molar-refractivity contribution is 0.346. The Kier molecular flexibility index (Phi) is 4.41. The Morgan fingerprint density at radius 1 is 1.19 bits per heavy atom. The summed E-state index contributed by atoms with van der Waals surface area (Å²) in [4.78, 5) is 25.1. The van der Waals surface area contributed by atoms with E-state index in [0.29, 0.717) is 17.1 Å². The lowest BCUT2D eigenvalue weighted by Crippen LogP contribution is -2.42. The predicted molar refractivity (Wildman–Crippen MR) is 95.8 cm³/mol. The van der Waals surface area contributed by atoms with Gasteiger partial charge in [-0.05, 0) is 6.07 Å². The predicted octanol–water partition coefficient (Wildman–Crippen LogP) is 0.319. The van der Waals surface area contributed by atoms with E-state index in [1.807, 2.05) is 6.07 Å². The molecule has 140 valence electrons. The van der Waals surface area contributed by atoms with E-state index in [-0.39, 0.29) is 22.9 Å². The van der Waals surface area contributed by atoms with Crippen molar-refractivity contribution in [3.8, 4) is 23.4 Å². The second-order valence-corrected chi connectivity index (χ2v) is 5.96. The number of nitrogens with two attached hydrogens (primary N) is 1. The van der Waals surface area contributed by atoms with Crippen LogP contribution in [0.5, 0.6) is 17.4 Å². The van der Waals surface area contributed by atoms with E-state index in [9.17, 15) is 14.9 Å². The Labute approximate surface area is 154 Å². The first kappa shape index (κ1) is 18.1. The number of hydrogen-bond donors (Lipinski definition) is 1. The van der Waals surface area contributed by atoms with Crippen molar-refractivity contribution >= 4 is 0 Å². The minimum Gasteiger partial charge on any atom is -0.497 e. The minimum atomic E-state index is -0.856. The zero-order valence-corrected chi connectivity index (χ0v) is 15.3. The number of rotatable bonds is 3. The van der Waals surface area contributed by atoms with Crippen molar-refractivity contribution in [3.63, 3.8) is 0 Å². The van der Waals surface area contributed by atoms with Gasteiger partial charge in [0.05, 0.1) is 25.7 Å². The molecule has 0 saturated heterocycles. The third kappa shape index (κ3) is 2.62. The smallest absolute Gasteiger partial charge is 0.333 e. The van der Waals surface area contributed by atoms with Crippen molar-refractivity contribution in [1.82, 2.24) is 9.13 Å². The zero-order valence-electron chi connectivity index (χ0n) is 15.3. The molecule has 0 spiro atoms. The summed E-state index contributed by atoms with van der Waals surface area (Å²) >= 11 is 0. The summed E-state index contributed by atoms with van der Waals surface area (Å²) in [6.45, 7) is 0. The summed E-state index contributed by atoms with van der Waals surface area (Å²) < 4.78 is 18.3. The highest BCUT2D eigenvalue weighted by molar-refractivity contribution is 5.57. The minimum absolute atomic E-state index is 0.00229. The van der Waals surface area contributed by atoms with Gasteiger partial charge in [-0.15, -0.1) is 0 Å². The summed E-state index contributed by atoms with van der Waals surface area (Å²) in [7, 11) is 5.81. The Morgan fingerprint density at radius 3 is 2.48 bits per heavy atom. The second-order valence-electron chi connectivity index (χ2n) is 5.96. The highest BCUT2D eigenvalue weighted by Gasteiger charge is 2.37. The molecule has 2 heterocycles. The van der Waals surface area contributed by atoms with E-state index in [4.69, 9.17) is 19.9 Å². The largest absolute Gasteiger partial charge is 0.497 e. The molecular formula is C18H18N4O5. The van der Waals surface area contributed by atoms with E-state index < -0.39 is 17.2 Å². The number of methoxy groups -OCH3 is 2. The lowest BCUT2D eigenvalue weighted by Gasteiger charge is -2.28. The number of allylic oxidation sites excluding steroid dienone is 1. The number of hydrogen-bond acceptors (Lipinski definition) is 7. The molecule has 9 heteroatoms. The first-order valence-corrected chi connectivity index (χ1v) is 7.95. The van der Waals surface area contributed by atoms with Gasteiger partial charge in [0.1, 0.15) is 23.1 Å². The SMILES string of the molecule is COc1ccc(C2C(C#N)=C(N)Oc3c2c(=O)n(C)c(=O)n3C)c(OC)c1. The summed E-state index contributed by atoms with van der Waals surface area (Å²) in [5.41, 5.74) is 5.51. The molecule has 0 radical (unpaired) electrons. The molecule has 1 aromatic heterocycles. The normalized spacial score (nSPS) is 15.6. The lowest BCUT2D eigenvalue weighted by atomic mass is 9.84. The molecule has 1 aliphatic heterocycles. The maximum atomic E-state index is 12.9. The van der Waals surface area contributed by atoms with Gasteiger partial charge in [0, 0.05) is 25.7 Å². The number of nitrogens with zero attached hydrogens (tertiary/aromatic N) is 3. The van der Waals surface area contributed by atoms with Crippen LogP contribution in [0.1, 0.15) is 17.0 Å². The number of benzene rings is 1. The van der Waals surface area contributed by atoms with Crippen molar-refractivity contribution in [3.05, 3.63) is 61.6 Å². The van der Waals surface area contributed by atoms with Crippen LogP contribution in [0.15, 0.2) is 39.2 Å². The second kappa shape index (κ2) is 6.57. The van der Waals surface area contributed by atoms with Gasteiger partial charge in [0.25, 0.3) is 5.56 Å². The van der Waals surface area contributed by atoms with Gasteiger partial charge in [-0.1, -0.05) is 6.07 Å². The molecular weight excluding hydrogens is 352 g/mol. The van der Waals surface area contributed by atoms with Crippen LogP contribution in [-0.2, 0) is 14.1 Å². The van der Waals surface area contributed by atoms with Crippen LogP contribution in [0.25, 0.3) is 0 Å². The molecule has 2 aromatic rings. The molecule has 3 rings (SSSR count). The molecule has 1 aliphatic rings. The van der Waals surface area contributed by atoms with E-state index in [0.717, 1.165) is 4.57 Å². The average Bonchev–Trinajstić information content (AvgIpc) is 2.69. The van der Waals surface area contributed by atoms with Crippen LogP contribution in [0.3, 0.4) is 0 Å². The van der Waals surface area contributed by atoms with Gasteiger partial charge in [-0.3, -0.25) is 13.9 Å². The quantitative estimate of drug-likeness (QED) is 0.825. The molecule has 0 aliphatic carbocycles. The van der Waals surface area contributed by atoms with Crippen molar-refractivity contribution < 1.29 is 14.2 Å². The van der Waals surface area contributed by atoms with Crippen LogP contribution in [0.2, 0.25) is 0 Å². The van der Waals surface area contributed by atoms with Crippen molar-refractivity contribution in [2.75, 3.05) is 14.2 Å². The van der Waals surface area contributed by atoms with Crippen molar-refractivity contribution in [2.24, 2.45) is 19.8 Å². The highest BCUT2D eigenvalue weighted by atomic mass is 16.5. The molecule has 0 amide bonds. The molecule has 27 heavy (non-hydrogen) atoms. The Bertz CT molecular complexity index is 1120. The van der Waals surface area contributed by atoms with E-state index >= 15 is 0 Å². The summed E-state index contributed by atoms with van der Waals surface area (Å²) in [5, 5.41) is 9.66. The maximum Gasteiger partial charge on any atom is 0.333 e. The summed E-state index contributed by atoms with van der Waals surface area (Å²) in [6, 6.07) is 7.02. The molecule has 2 N–H and O–H groups in total. The Hall–Kier alpha value is -3.67. The van der Waals surface area contributed by atoms with Gasteiger partial charge >= 0.3 is 5.69 Å². The van der Waals surface area contributed by atoms with E-state index in [1.165, 1.54) is 32.9 Å². The summed E-state index contributed by atoms with van der Waals surface area (Å²) in [5.74, 6) is -0.0703. The fourth-order valence-corrected chi connectivity index (χ4v) is 3.16. The third-order valence-corrected chi connectivity index (χ3v) is 4.57. The Morgan fingerprint density at radius 2 is 1.89 bits per heavy atom. The fourth-order valence-electron chi connectivity index (χ4n) is 3.16. The fraction of sp³-hybridized carbons (Fsp3) is 0.278. The van der Waals surface area contributed by atoms with Gasteiger partial charge in [0.15, 0.2) is 0 Å². The molecule has 0 fully saturated rings. The van der Waals surface area contributed by atoms with Crippen LogP contribution in [-0.4, -0.2) is 23.4 Å². The maximum absolute atomic E-state index is 12.9. The number of fused-ring (bicyclic) bond motifs is 1. The molecule has 0 bridgehead atoms. The first-order valence-electron chi connectivity index (χ1n) is 7.95. The van der Waals surface area contributed by atoms with Crippen molar-refractivity contribution in [2.45, 2.75) is 5.92 Å². The average molecular weight is 370 g/mol. The van der Waals surface area contributed by atoms with E-state index in [2.05, 4.69) is 0 Å². The Balaban J connectivity index is 2.42. The zero-order chi connectivity index (χ0) is 19.9. The van der Waals surface area contributed by atoms with Crippen LogP contribution in [0, 0.1) is 11.3 Å². The molecule has 1 aromatic carbocycles. The summed E-state index contributed by atoms with van der Waals surface area (Å²) in [6.07, 6.45) is 0. The molecule has 0 saturated carbocycles. The number of aromatic nitrogens is 2. The first-order chi connectivity index (χ1) is 12.8. The standard InChI is InChI=1S/C18H18N4O5/c1-21-16(23)14-13(10-6-5-9(25-3)7-12(10)26-4)11(8-19)15(20)27-17(14)22(2)18(21)24/h5-7,13H,20H2,1-4H3. The number of ether oxygens (including phenoxy) is 3. The highest BCUT2D eigenvalue weighted by Crippen LogP contribution is 2.43. The van der Waals surface area contributed by atoms with E-state index in [1.54, 1.807) is 18.2 Å². The number of nitriles is 1.